The first-order chi connectivity index (χ1) is 30.2. The van der Waals surface area contributed by atoms with Crippen molar-refractivity contribution >= 4 is 70.4 Å². The van der Waals surface area contributed by atoms with E-state index in [1.165, 1.54) is 0 Å². The first-order valence-electron chi connectivity index (χ1n) is 19.5. The smallest absolute Gasteiger partial charge is 0.326 e. The Morgan fingerprint density at radius 2 is 1.12 bits per heavy atom. The van der Waals surface area contributed by atoms with Crippen molar-refractivity contribution in [3.8, 4) is 0 Å². The lowest BCUT2D eigenvalue weighted by atomic mass is 10.1. The van der Waals surface area contributed by atoms with E-state index in [0.717, 1.165) is 18.2 Å². The van der Waals surface area contributed by atoms with E-state index in [1.807, 2.05) is 0 Å². The van der Waals surface area contributed by atoms with Gasteiger partial charge in [-0.2, -0.15) is 0 Å². The molecule has 64 heavy (non-hydrogen) atoms. The molecule has 0 saturated heterocycles. The van der Waals surface area contributed by atoms with Crippen molar-refractivity contribution in [3.63, 3.8) is 0 Å². The van der Waals surface area contributed by atoms with Crippen molar-refractivity contribution in [1.29, 1.82) is 10.8 Å². The van der Waals surface area contributed by atoms with E-state index in [4.69, 9.17) is 33.1 Å². The number of anilines is 1. The molecule has 0 saturated carbocycles. The maximum atomic E-state index is 13.4. The molecular formula is C34H56N16O14. The zero-order valence-electron chi connectivity index (χ0n) is 34.5. The molecule has 0 unspecified atom stereocenters. The number of aliphatic carboxylic acids is 1. The SMILES string of the molecule is N=C(N)NCCC[C@H](NC(=O)CNC(=O)[C@@H](N)CO)C(=O)N[C@@H](CO)C(=O)NCC(=O)N[C@@H](CCCCNc1ccc([N+](=O)[O-])cc1[N+](=O)[O-])C(=O)N[C@H](CCCNC(=N)N)C(=O)O. The molecule has 20 N–H and O–H groups in total. The van der Waals surface area contributed by atoms with Crippen molar-refractivity contribution in [3.05, 3.63) is 38.4 Å². The maximum Gasteiger partial charge on any atom is 0.326 e. The summed E-state index contributed by atoms with van der Waals surface area (Å²) in [6.45, 7) is -2.92. The van der Waals surface area contributed by atoms with Crippen molar-refractivity contribution in [2.24, 2.45) is 17.2 Å². The third-order valence-electron chi connectivity index (χ3n) is 8.71. The molecule has 0 aromatic heterocycles. The average molecular weight is 913 g/mol. The fourth-order valence-corrected chi connectivity index (χ4v) is 5.39. The molecule has 0 spiro atoms. The van der Waals surface area contributed by atoms with E-state index in [-0.39, 0.29) is 82.2 Å². The van der Waals surface area contributed by atoms with Crippen LogP contribution in [0.3, 0.4) is 0 Å². The topological polar surface area (TPSA) is 500 Å². The van der Waals surface area contributed by atoms with Gasteiger partial charge in [-0.05, 0) is 51.0 Å². The summed E-state index contributed by atoms with van der Waals surface area (Å²) in [5.74, 6) is -7.85. The fourth-order valence-electron chi connectivity index (χ4n) is 5.39. The molecular weight excluding hydrogens is 856 g/mol. The Labute approximate surface area is 364 Å². The minimum Gasteiger partial charge on any atom is -0.480 e. The van der Waals surface area contributed by atoms with E-state index >= 15 is 0 Å². The van der Waals surface area contributed by atoms with Gasteiger partial charge < -0.3 is 80.4 Å². The molecule has 30 heteroatoms. The Bertz CT molecular complexity index is 1840. The number of nitrogens with one attached hydrogen (secondary N) is 11. The third-order valence-corrected chi connectivity index (χ3v) is 8.71. The summed E-state index contributed by atoms with van der Waals surface area (Å²) in [7, 11) is 0. The minimum atomic E-state index is -1.69. The van der Waals surface area contributed by atoms with E-state index in [0.29, 0.717) is 0 Å². The molecule has 0 radical (unpaired) electrons. The second-order valence-electron chi connectivity index (χ2n) is 13.7. The van der Waals surface area contributed by atoms with Crippen LogP contribution in [-0.4, -0.2) is 155 Å². The van der Waals surface area contributed by atoms with Crippen LogP contribution < -0.4 is 65.1 Å². The quantitative estimate of drug-likeness (QED) is 0.0108. The van der Waals surface area contributed by atoms with Gasteiger partial charge in [0.05, 0.1) is 42.2 Å². The Balaban J connectivity index is 3.05. The first-order valence-corrected chi connectivity index (χ1v) is 19.5. The van der Waals surface area contributed by atoms with Crippen LogP contribution >= 0.6 is 0 Å². The normalized spacial score (nSPS) is 12.9. The van der Waals surface area contributed by atoms with Crippen LogP contribution in [0.4, 0.5) is 17.1 Å². The molecule has 0 aliphatic rings. The predicted molar refractivity (Wildman–Crippen MR) is 224 cm³/mol. The number of guanidine groups is 2. The molecule has 30 nitrogen and oxygen atoms in total. The van der Waals surface area contributed by atoms with E-state index in [9.17, 15) is 64.0 Å². The van der Waals surface area contributed by atoms with Gasteiger partial charge in [-0.1, -0.05) is 0 Å². The van der Waals surface area contributed by atoms with Crippen LogP contribution in [0.15, 0.2) is 18.2 Å². The van der Waals surface area contributed by atoms with Gasteiger partial charge in [-0.25, -0.2) is 4.79 Å². The zero-order valence-corrected chi connectivity index (χ0v) is 34.5. The second kappa shape index (κ2) is 28.9. The summed E-state index contributed by atoms with van der Waals surface area (Å²) in [4.78, 5) is 110. The average Bonchev–Trinajstić information content (AvgIpc) is 3.24. The number of aliphatic hydroxyl groups is 2. The summed E-state index contributed by atoms with van der Waals surface area (Å²) < 4.78 is 0. The monoisotopic (exact) mass is 912 g/mol. The van der Waals surface area contributed by atoms with Crippen LogP contribution in [0.25, 0.3) is 0 Å². The lowest BCUT2D eigenvalue weighted by Gasteiger charge is -2.23. The van der Waals surface area contributed by atoms with Crippen LogP contribution in [-0.2, 0) is 33.6 Å². The molecule has 1 rings (SSSR count). The number of benzene rings is 1. The molecule has 6 amide bonds. The Morgan fingerprint density at radius 3 is 1.59 bits per heavy atom. The molecule has 0 bridgehead atoms. The number of nitro benzene ring substituents is 2. The van der Waals surface area contributed by atoms with Gasteiger partial charge in [-0.15, -0.1) is 0 Å². The van der Waals surface area contributed by atoms with Gasteiger partial charge in [0.25, 0.3) is 11.4 Å². The summed E-state index contributed by atoms with van der Waals surface area (Å²) in [5, 5.41) is 87.1. The van der Waals surface area contributed by atoms with Crippen molar-refractivity contribution in [2.45, 2.75) is 75.2 Å². The van der Waals surface area contributed by atoms with Gasteiger partial charge in [0.2, 0.25) is 35.4 Å². The van der Waals surface area contributed by atoms with Crippen molar-refractivity contribution < 1.29 is 58.7 Å². The predicted octanol–water partition coefficient (Wildman–Crippen LogP) is -5.82. The van der Waals surface area contributed by atoms with E-state index in [2.05, 4.69) is 47.9 Å². The van der Waals surface area contributed by atoms with Crippen LogP contribution in [0, 0.1) is 31.0 Å². The van der Waals surface area contributed by atoms with E-state index in [1.54, 1.807) is 0 Å². The molecule has 0 aliphatic heterocycles. The number of nitro groups is 2. The lowest BCUT2D eigenvalue weighted by molar-refractivity contribution is -0.393. The summed E-state index contributed by atoms with van der Waals surface area (Å²) >= 11 is 0. The number of carbonyl (C=O) groups is 7. The number of amides is 6. The maximum absolute atomic E-state index is 13.4. The van der Waals surface area contributed by atoms with Gasteiger partial charge in [0.1, 0.15) is 35.9 Å². The standard InChI is InChI=1S/C34H56N16O14/c35-19(16-51)28(55)43-14-26(53)46-22(6-3-11-41-33(36)37)31(58)48-24(17-52)29(56)44-15-27(54)45-21(30(57)47-23(32(59)60)7-4-12-42-34(38)39)5-1-2-10-40-20-9-8-18(49(61)62)13-25(20)50(63)64/h8-9,13,19,21-24,40,51-52H,1-7,10-12,14-17,35H2,(H,43,55)(H,44,56)(H,45,54)(H,46,53)(H,47,57)(H,48,58)(H,59,60)(H4,36,37,41)(H4,38,39,42)/t19-,21-,22-,23+,24-/m0/s1. The number of non-ortho nitro benzene ring substituents is 1. The summed E-state index contributed by atoms with van der Waals surface area (Å²) in [6, 6.07) is -4.23. The minimum absolute atomic E-state index is 0.0250. The highest BCUT2D eigenvalue weighted by molar-refractivity contribution is 5.95. The highest BCUT2D eigenvalue weighted by atomic mass is 16.6. The fraction of sp³-hybridized carbons (Fsp3) is 0.559. The highest BCUT2D eigenvalue weighted by Gasteiger charge is 2.29. The van der Waals surface area contributed by atoms with E-state index < -0.39 is 119 Å². The molecule has 5 atom stereocenters. The van der Waals surface area contributed by atoms with Crippen LogP contribution in [0.5, 0.6) is 0 Å². The Morgan fingerprint density at radius 1 is 0.625 bits per heavy atom. The number of nitrogens with two attached hydrogens (primary N) is 3. The van der Waals surface area contributed by atoms with Gasteiger partial charge in [0, 0.05) is 25.7 Å². The summed E-state index contributed by atoms with van der Waals surface area (Å²) in [5.41, 5.74) is 14.8. The number of hydrogen-bond donors (Lipinski definition) is 17. The highest BCUT2D eigenvalue weighted by Crippen LogP contribution is 2.29. The number of hydrogen-bond acceptors (Lipinski definition) is 17. The number of carboxylic acids is 1. The van der Waals surface area contributed by atoms with Gasteiger partial charge >= 0.3 is 5.97 Å². The molecule has 356 valence electrons. The molecule has 0 heterocycles. The number of carboxylic acid groups (broad SMARTS) is 1. The molecule has 0 fully saturated rings. The number of rotatable bonds is 31. The lowest BCUT2D eigenvalue weighted by Crippen LogP contribution is -2.57. The first kappa shape index (κ1) is 54.5. The Kier molecular flexibility index (Phi) is 24.7. The largest absolute Gasteiger partial charge is 0.480 e. The number of unbranched alkanes of at least 4 members (excludes halogenated alkanes) is 1. The van der Waals surface area contributed by atoms with Crippen LogP contribution in [0.2, 0.25) is 0 Å². The van der Waals surface area contributed by atoms with Gasteiger partial charge in [-0.3, -0.25) is 59.8 Å². The second-order valence-corrected chi connectivity index (χ2v) is 13.7. The van der Waals surface area contributed by atoms with Crippen molar-refractivity contribution in [2.75, 3.05) is 51.3 Å². The zero-order chi connectivity index (χ0) is 48.4. The molecule has 1 aromatic carbocycles. The number of aliphatic hydroxyl groups excluding tert-OH is 2. The van der Waals surface area contributed by atoms with Gasteiger partial charge in [0.15, 0.2) is 11.9 Å². The molecule has 1 aromatic rings. The molecule has 0 aliphatic carbocycles. The number of nitrogens with zero attached hydrogens (tertiary/aromatic N) is 2. The summed E-state index contributed by atoms with van der Waals surface area (Å²) in [6.07, 6.45) is 0.319. The van der Waals surface area contributed by atoms with Crippen LogP contribution in [0.1, 0.15) is 44.9 Å². The third kappa shape index (κ3) is 21.4. The number of carbonyl (C=O) groups excluding carboxylic acids is 6. The Hall–Kier alpha value is -7.47. The van der Waals surface area contributed by atoms with Crippen molar-refractivity contribution in [1.82, 2.24) is 42.5 Å².